The van der Waals surface area contributed by atoms with Crippen molar-refractivity contribution in [2.45, 2.75) is 52.5 Å². The van der Waals surface area contributed by atoms with E-state index in [1.807, 2.05) is 12.1 Å². The molecule has 7 heteroatoms. The predicted octanol–water partition coefficient (Wildman–Crippen LogP) is 4.70. The summed E-state index contributed by atoms with van der Waals surface area (Å²) < 4.78 is 2.25. The molecular formula is C30H29N3O4. The molecule has 188 valence electrons. The Hall–Kier alpha value is -4.26. The van der Waals surface area contributed by atoms with Crippen molar-refractivity contribution in [3.8, 4) is 5.69 Å². The van der Waals surface area contributed by atoms with Gasteiger partial charge in [-0.3, -0.25) is 23.7 Å². The van der Waals surface area contributed by atoms with Gasteiger partial charge >= 0.3 is 0 Å². The van der Waals surface area contributed by atoms with Crippen LogP contribution in [0.3, 0.4) is 0 Å². The van der Waals surface area contributed by atoms with Crippen LogP contribution >= 0.6 is 0 Å². The van der Waals surface area contributed by atoms with Crippen LogP contribution in [-0.4, -0.2) is 9.13 Å². The van der Waals surface area contributed by atoms with Crippen molar-refractivity contribution >= 4 is 32.9 Å². The Morgan fingerprint density at radius 3 is 1.38 bits per heavy atom. The van der Waals surface area contributed by atoms with E-state index < -0.39 is 27.8 Å². The van der Waals surface area contributed by atoms with Gasteiger partial charge in [-0.15, -0.1) is 0 Å². The van der Waals surface area contributed by atoms with Gasteiger partial charge in [0.2, 0.25) is 0 Å². The molecule has 0 aliphatic carbocycles. The summed E-state index contributed by atoms with van der Waals surface area (Å²) in [5.74, 6) is 0. The molecule has 0 saturated carbocycles. The zero-order valence-corrected chi connectivity index (χ0v) is 21.8. The Kier molecular flexibility index (Phi) is 5.37. The number of rotatable bonds is 3. The maximum atomic E-state index is 13.2. The number of hydrogen-bond acceptors (Lipinski definition) is 5. The number of benzene rings is 3. The quantitative estimate of drug-likeness (QED) is 0.392. The summed E-state index contributed by atoms with van der Waals surface area (Å²) in [7, 11) is 0. The standard InChI is InChI=1S/C30H29N3O4/c1-29(2,3)17-7-9-18(10-8-17)31-19-11-13-20(14-12-19)32-25(34)21-15-23-24(16-22(21)26(32)35)28(37)33(27(23)36)30(4,5)6/h7-16,31H,1-6H3. The molecule has 0 spiro atoms. The number of anilines is 2. The maximum Gasteiger partial charge on any atom is 0.266 e. The SMILES string of the molecule is CC(C)(C)c1ccc(Nc2ccc(-n3c(=O)c4cc5c(=O)n(C(C)(C)C)c(=O)c5cc4c3=O)cc2)cc1. The normalized spacial score (nSPS) is 12.5. The number of hydrogen-bond donors (Lipinski definition) is 1. The fraction of sp³-hybridized carbons (Fsp3) is 0.267. The largest absolute Gasteiger partial charge is 0.356 e. The van der Waals surface area contributed by atoms with E-state index in [0.717, 1.165) is 15.9 Å². The fourth-order valence-electron chi connectivity index (χ4n) is 4.73. The van der Waals surface area contributed by atoms with E-state index >= 15 is 0 Å². The van der Waals surface area contributed by atoms with Crippen LogP contribution in [0.1, 0.15) is 47.1 Å². The lowest BCUT2D eigenvalue weighted by atomic mass is 9.87. The second-order valence-corrected chi connectivity index (χ2v) is 11.5. The van der Waals surface area contributed by atoms with E-state index in [0.29, 0.717) is 5.69 Å². The zero-order valence-electron chi connectivity index (χ0n) is 21.8. The van der Waals surface area contributed by atoms with Crippen LogP contribution in [0, 0.1) is 0 Å². The van der Waals surface area contributed by atoms with Crippen LogP contribution in [0.5, 0.6) is 0 Å². The molecule has 0 saturated heterocycles. The average Bonchev–Trinajstić information content (AvgIpc) is 3.22. The van der Waals surface area contributed by atoms with Gasteiger partial charge in [-0.2, -0.15) is 0 Å². The lowest BCUT2D eigenvalue weighted by molar-refractivity contribution is 0.380. The zero-order chi connectivity index (χ0) is 26.9. The van der Waals surface area contributed by atoms with Crippen LogP contribution < -0.4 is 27.6 Å². The van der Waals surface area contributed by atoms with Crippen LogP contribution in [0.4, 0.5) is 11.4 Å². The summed E-state index contributed by atoms with van der Waals surface area (Å²) in [6.45, 7) is 11.8. The molecule has 0 atom stereocenters. The number of nitrogens with zero attached hydrogens (tertiary/aromatic N) is 2. The first-order valence-corrected chi connectivity index (χ1v) is 12.2. The summed E-state index contributed by atoms with van der Waals surface area (Å²) in [5, 5.41) is 3.88. The highest BCUT2D eigenvalue weighted by atomic mass is 16.2. The van der Waals surface area contributed by atoms with Crippen molar-refractivity contribution in [1.29, 1.82) is 0 Å². The van der Waals surface area contributed by atoms with Gasteiger partial charge < -0.3 is 5.32 Å². The molecule has 0 aliphatic heterocycles. The predicted molar refractivity (Wildman–Crippen MR) is 150 cm³/mol. The maximum absolute atomic E-state index is 13.2. The van der Waals surface area contributed by atoms with E-state index in [2.05, 4.69) is 38.2 Å². The highest BCUT2D eigenvalue weighted by Crippen LogP contribution is 2.25. The molecule has 2 aromatic heterocycles. The van der Waals surface area contributed by atoms with Gasteiger partial charge in [0, 0.05) is 16.9 Å². The summed E-state index contributed by atoms with van der Waals surface area (Å²) in [4.78, 5) is 52.4. The monoisotopic (exact) mass is 495 g/mol. The summed E-state index contributed by atoms with van der Waals surface area (Å²) >= 11 is 0. The molecule has 0 radical (unpaired) electrons. The van der Waals surface area contributed by atoms with Gasteiger partial charge in [0.05, 0.1) is 27.2 Å². The molecule has 5 aromatic rings. The Morgan fingerprint density at radius 2 is 0.973 bits per heavy atom. The van der Waals surface area contributed by atoms with E-state index in [-0.39, 0.29) is 27.0 Å². The molecule has 0 fully saturated rings. The minimum atomic E-state index is -0.720. The van der Waals surface area contributed by atoms with E-state index in [4.69, 9.17) is 0 Å². The van der Waals surface area contributed by atoms with E-state index in [1.54, 1.807) is 45.0 Å². The highest BCUT2D eigenvalue weighted by Gasteiger charge is 2.25. The Morgan fingerprint density at radius 1 is 0.568 bits per heavy atom. The molecule has 3 aromatic carbocycles. The van der Waals surface area contributed by atoms with Crippen molar-refractivity contribution in [1.82, 2.24) is 9.13 Å². The minimum Gasteiger partial charge on any atom is -0.356 e. The van der Waals surface area contributed by atoms with Crippen LogP contribution in [-0.2, 0) is 11.0 Å². The second-order valence-electron chi connectivity index (χ2n) is 11.5. The molecule has 37 heavy (non-hydrogen) atoms. The molecule has 0 aliphatic rings. The summed E-state index contributed by atoms with van der Waals surface area (Å²) in [5.41, 5.74) is 0.775. The number of aromatic nitrogens is 2. The second kappa shape index (κ2) is 8.13. The summed E-state index contributed by atoms with van der Waals surface area (Å²) in [6.07, 6.45) is 0. The van der Waals surface area contributed by atoms with Gasteiger partial charge in [0.25, 0.3) is 22.2 Å². The molecule has 0 bridgehead atoms. The van der Waals surface area contributed by atoms with Crippen LogP contribution in [0.25, 0.3) is 27.2 Å². The van der Waals surface area contributed by atoms with Gasteiger partial charge in [-0.05, 0) is 80.3 Å². The minimum absolute atomic E-state index is 0.0687. The van der Waals surface area contributed by atoms with E-state index in [9.17, 15) is 19.2 Å². The van der Waals surface area contributed by atoms with Crippen molar-refractivity contribution < 1.29 is 0 Å². The van der Waals surface area contributed by atoms with Crippen molar-refractivity contribution in [2.75, 3.05) is 5.32 Å². The lowest BCUT2D eigenvalue weighted by Crippen LogP contribution is -2.38. The van der Waals surface area contributed by atoms with Crippen molar-refractivity contribution in [3.05, 3.63) is 108 Å². The molecule has 1 N–H and O–H groups in total. The molecule has 0 unspecified atom stereocenters. The molecular weight excluding hydrogens is 466 g/mol. The highest BCUT2D eigenvalue weighted by molar-refractivity contribution is 5.98. The van der Waals surface area contributed by atoms with Gasteiger partial charge in [0.15, 0.2) is 0 Å². The first kappa shape index (κ1) is 24.4. The van der Waals surface area contributed by atoms with Gasteiger partial charge in [-0.1, -0.05) is 32.9 Å². The Balaban J connectivity index is 1.53. The third-order valence-electron chi connectivity index (χ3n) is 6.73. The summed E-state index contributed by atoms with van der Waals surface area (Å²) in [6, 6.07) is 17.9. The first-order chi connectivity index (χ1) is 17.3. The molecule has 2 heterocycles. The average molecular weight is 496 g/mol. The number of nitrogens with one attached hydrogen (secondary N) is 1. The Bertz CT molecular complexity index is 1790. The molecule has 0 amide bonds. The third-order valence-corrected chi connectivity index (χ3v) is 6.73. The Labute approximate surface area is 213 Å². The molecule has 7 nitrogen and oxygen atoms in total. The fourth-order valence-corrected chi connectivity index (χ4v) is 4.73. The molecule has 5 rings (SSSR count). The van der Waals surface area contributed by atoms with Gasteiger partial charge in [0.1, 0.15) is 0 Å². The first-order valence-electron chi connectivity index (χ1n) is 12.2. The van der Waals surface area contributed by atoms with Crippen molar-refractivity contribution in [2.24, 2.45) is 0 Å². The van der Waals surface area contributed by atoms with Crippen molar-refractivity contribution in [3.63, 3.8) is 0 Å². The van der Waals surface area contributed by atoms with E-state index in [1.165, 1.54) is 22.3 Å². The number of fused-ring (bicyclic) bond motifs is 2. The lowest BCUT2D eigenvalue weighted by Gasteiger charge is -2.19. The van der Waals surface area contributed by atoms with Crippen LogP contribution in [0.2, 0.25) is 0 Å². The third kappa shape index (κ3) is 4.00. The topological polar surface area (TPSA) is 90.2 Å². The van der Waals surface area contributed by atoms with Gasteiger partial charge in [-0.25, -0.2) is 4.57 Å². The smallest absolute Gasteiger partial charge is 0.266 e. The van der Waals surface area contributed by atoms with Crippen LogP contribution in [0.15, 0.2) is 79.8 Å².